The third-order valence-corrected chi connectivity index (χ3v) is 2.54. The Hall–Kier alpha value is -1.69. The van der Waals surface area contributed by atoms with Crippen LogP contribution < -0.4 is 0 Å². The van der Waals surface area contributed by atoms with Crippen molar-refractivity contribution >= 4 is 33.7 Å². The maximum Gasteiger partial charge on any atom is 0.330 e. The van der Waals surface area contributed by atoms with Gasteiger partial charge in [0.1, 0.15) is 0 Å². The summed E-state index contributed by atoms with van der Waals surface area (Å²) in [4.78, 5) is 21.2. The minimum Gasteiger partial charge on any atom is -0.463 e. The predicted molar refractivity (Wildman–Crippen MR) is 66.5 cm³/mol. The Morgan fingerprint density at radius 3 is 2.88 bits per heavy atom. The molecule has 0 spiro atoms. The van der Waals surface area contributed by atoms with Crippen molar-refractivity contribution in [3.8, 4) is 0 Å². The second kappa shape index (κ2) is 6.15. The molecule has 0 saturated heterocycles. The van der Waals surface area contributed by atoms with Crippen LogP contribution in [0.2, 0.25) is 0 Å². The summed E-state index contributed by atoms with van der Waals surface area (Å²) in [5.41, 5.74) is 0.518. The van der Waals surface area contributed by atoms with E-state index in [0.29, 0.717) is 16.6 Å². The molecule has 0 heterocycles. The van der Waals surface area contributed by atoms with Gasteiger partial charge in [0.25, 0.3) is 5.69 Å². The van der Waals surface area contributed by atoms with Gasteiger partial charge in [0.15, 0.2) is 0 Å². The fraction of sp³-hybridized carbons (Fsp3) is 0.182. The number of esters is 1. The molecular formula is C11H10BrNO4. The Bertz CT molecular complexity index is 471. The minimum absolute atomic E-state index is 0.0454. The standard InChI is InChI=1S/C11H10BrNO4/c1-2-17-11(14)6-4-8-3-5-9(12)10(7-8)13(15)16/h3-7H,2H2,1H3/b6-4+. The molecule has 0 unspecified atom stereocenters. The lowest BCUT2D eigenvalue weighted by molar-refractivity contribution is -0.385. The molecule has 0 N–H and O–H groups in total. The number of halogens is 1. The topological polar surface area (TPSA) is 69.4 Å². The lowest BCUT2D eigenvalue weighted by Gasteiger charge is -1.98. The summed E-state index contributed by atoms with van der Waals surface area (Å²) >= 11 is 3.08. The first kappa shape index (κ1) is 13.4. The molecule has 0 atom stereocenters. The number of nitro benzene ring substituents is 1. The average Bonchev–Trinajstić information content (AvgIpc) is 2.28. The smallest absolute Gasteiger partial charge is 0.330 e. The van der Waals surface area contributed by atoms with E-state index in [9.17, 15) is 14.9 Å². The maximum absolute atomic E-state index is 11.0. The minimum atomic E-state index is -0.494. The highest BCUT2D eigenvalue weighted by Crippen LogP contribution is 2.25. The van der Waals surface area contributed by atoms with Gasteiger partial charge in [0, 0.05) is 12.1 Å². The van der Waals surface area contributed by atoms with Crippen LogP contribution in [0.5, 0.6) is 0 Å². The van der Waals surface area contributed by atoms with Crippen LogP contribution >= 0.6 is 15.9 Å². The van der Waals surface area contributed by atoms with Gasteiger partial charge in [0.05, 0.1) is 16.0 Å². The number of nitrogens with zero attached hydrogens (tertiary/aromatic N) is 1. The van der Waals surface area contributed by atoms with E-state index in [4.69, 9.17) is 4.74 Å². The SMILES string of the molecule is CCOC(=O)/C=C/c1ccc(Br)c([N+](=O)[O-])c1. The summed E-state index contributed by atoms with van der Waals surface area (Å²) in [6.07, 6.45) is 2.70. The van der Waals surface area contributed by atoms with Crippen LogP contribution in [-0.4, -0.2) is 17.5 Å². The number of rotatable bonds is 4. The van der Waals surface area contributed by atoms with E-state index >= 15 is 0 Å². The van der Waals surface area contributed by atoms with E-state index in [0.717, 1.165) is 0 Å². The summed E-state index contributed by atoms with van der Waals surface area (Å²) in [5.74, 6) is -0.474. The van der Waals surface area contributed by atoms with Crippen molar-refractivity contribution in [2.45, 2.75) is 6.92 Å². The Morgan fingerprint density at radius 2 is 2.29 bits per heavy atom. The fourth-order valence-corrected chi connectivity index (χ4v) is 1.52. The van der Waals surface area contributed by atoms with Crippen molar-refractivity contribution in [1.82, 2.24) is 0 Å². The number of hydrogen-bond donors (Lipinski definition) is 0. The lowest BCUT2D eigenvalue weighted by atomic mass is 10.2. The Balaban J connectivity index is 2.89. The van der Waals surface area contributed by atoms with Gasteiger partial charge in [0.2, 0.25) is 0 Å². The third kappa shape index (κ3) is 3.99. The van der Waals surface area contributed by atoms with Crippen LogP contribution in [-0.2, 0) is 9.53 Å². The van der Waals surface area contributed by atoms with Gasteiger partial charge in [-0.1, -0.05) is 6.07 Å². The van der Waals surface area contributed by atoms with Crippen LogP contribution in [0.1, 0.15) is 12.5 Å². The van der Waals surface area contributed by atoms with Crippen LogP contribution in [0, 0.1) is 10.1 Å². The monoisotopic (exact) mass is 299 g/mol. The number of hydrogen-bond acceptors (Lipinski definition) is 4. The van der Waals surface area contributed by atoms with Gasteiger partial charge in [-0.25, -0.2) is 4.79 Å². The molecule has 0 bridgehead atoms. The quantitative estimate of drug-likeness (QED) is 0.371. The normalized spacial score (nSPS) is 10.5. The third-order valence-electron chi connectivity index (χ3n) is 1.87. The summed E-state index contributed by atoms with van der Waals surface area (Å²) in [6.45, 7) is 2.00. The molecule has 0 amide bonds. The molecule has 0 aliphatic heterocycles. The molecule has 1 aromatic rings. The maximum atomic E-state index is 11.0. The molecule has 0 aromatic heterocycles. The summed E-state index contributed by atoms with van der Waals surface area (Å²) in [7, 11) is 0. The number of ether oxygens (including phenoxy) is 1. The molecule has 0 aliphatic carbocycles. The van der Waals surface area contributed by atoms with Gasteiger partial charge in [-0.3, -0.25) is 10.1 Å². The Labute approximate surface area is 106 Å². The lowest BCUT2D eigenvalue weighted by Crippen LogP contribution is -1.98. The second-order valence-electron chi connectivity index (χ2n) is 3.05. The molecule has 1 aromatic carbocycles. The molecule has 90 valence electrons. The highest BCUT2D eigenvalue weighted by Gasteiger charge is 2.11. The largest absolute Gasteiger partial charge is 0.463 e. The van der Waals surface area contributed by atoms with Crippen LogP contribution in [0.4, 0.5) is 5.69 Å². The zero-order valence-electron chi connectivity index (χ0n) is 9.05. The van der Waals surface area contributed by atoms with Crippen molar-refractivity contribution in [3.05, 3.63) is 44.4 Å². The van der Waals surface area contributed by atoms with Gasteiger partial charge < -0.3 is 4.74 Å². The second-order valence-corrected chi connectivity index (χ2v) is 3.91. The number of nitro groups is 1. The summed E-state index contributed by atoms with van der Waals surface area (Å²) in [5, 5.41) is 10.7. The van der Waals surface area contributed by atoms with E-state index in [-0.39, 0.29) is 5.69 Å². The zero-order chi connectivity index (χ0) is 12.8. The van der Waals surface area contributed by atoms with Crippen molar-refractivity contribution in [2.24, 2.45) is 0 Å². The molecule has 0 radical (unpaired) electrons. The molecule has 0 aliphatic rings. The molecular weight excluding hydrogens is 290 g/mol. The van der Waals surface area contributed by atoms with E-state index < -0.39 is 10.9 Å². The molecule has 0 fully saturated rings. The molecule has 6 heteroatoms. The molecule has 17 heavy (non-hydrogen) atoms. The number of carbonyl (C=O) groups excluding carboxylic acids is 1. The van der Waals surface area contributed by atoms with E-state index in [1.165, 1.54) is 18.2 Å². The first-order valence-electron chi connectivity index (χ1n) is 4.83. The summed E-state index contributed by atoms with van der Waals surface area (Å²) in [6, 6.07) is 4.59. The van der Waals surface area contributed by atoms with Crippen molar-refractivity contribution in [2.75, 3.05) is 6.61 Å². The van der Waals surface area contributed by atoms with Gasteiger partial charge >= 0.3 is 5.97 Å². The van der Waals surface area contributed by atoms with Crippen molar-refractivity contribution in [1.29, 1.82) is 0 Å². The first-order valence-corrected chi connectivity index (χ1v) is 5.62. The van der Waals surface area contributed by atoms with Crippen molar-refractivity contribution in [3.63, 3.8) is 0 Å². The fourth-order valence-electron chi connectivity index (χ4n) is 1.13. The van der Waals surface area contributed by atoms with E-state index in [1.54, 1.807) is 19.1 Å². The highest BCUT2D eigenvalue weighted by atomic mass is 79.9. The van der Waals surface area contributed by atoms with Gasteiger partial charge in [-0.05, 0) is 40.6 Å². The zero-order valence-corrected chi connectivity index (χ0v) is 10.6. The van der Waals surface area contributed by atoms with E-state index in [2.05, 4.69) is 15.9 Å². The first-order chi connectivity index (χ1) is 8.04. The highest BCUT2D eigenvalue weighted by molar-refractivity contribution is 9.10. The Morgan fingerprint density at radius 1 is 1.59 bits per heavy atom. The number of benzene rings is 1. The van der Waals surface area contributed by atoms with Crippen molar-refractivity contribution < 1.29 is 14.5 Å². The summed E-state index contributed by atoms with van der Waals surface area (Å²) < 4.78 is 5.10. The van der Waals surface area contributed by atoms with Gasteiger partial charge in [-0.2, -0.15) is 0 Å². The van der Waals surface area contributed by atoms with Crippen LogP contribution in [0.25, 0.3) is 6.08 Å². The van der Waals surface area contributed by atoms with Crippen LogP contribution in [0.3, 0.4) is 0 Å². The molecule has 5 nitrogen and oxygen atoms in total. The Kier molecular flexibility index (Phi) is 4.84. The van der Waals surface area contributed by atoms with Gasteiger partial charge in [-0.15, -0.1) is 0 Å². The predicted octanol–water partition coefficient (Wildman–Crippen LogP) is 2.93. The average molecular weight is 300 g/mol. The van der Waals surface area contributed by atoms with E-state index in [1.807, 2.05) is 0 Å². The van der Waals surface area contributed by atoms with Crippen LogP contribution in [0.15, 0.2) is 28.7 Å². The molecule has 1 rings (SSSR count). The number of carbonyl (C=O) groups is 1. The molecule has 0 saturated carbocycles.